The molecule has 23 heavy (non-hydrogen) atoms. The third kappa shape index (κ3) is 2.74. The highest BCUT2D eigenvalue weighted by Gasteiger charge is 2.29. The highest BCUT2D eigenvalue weighted by molar-refractivity contribution is 5.96. The van der Waals surface area contributed by atoms with Crippen LogP contribution in [0.25, 0.3) is 10.9 Å². The Morgan fingerprint density at radius 2 is 2.26 bits per heavy atom. The molecule has 2 aromatic rings. The van der Waals surface area contributed by atoms with E-state index >= 15 is 0 Å². The average molecular weight is 315 g/mol. The topological polar surface area (TPSA) is 80.4 Å². The number of anilines is 1. The van der Waals surface area contributed by atoms with E-state index in [-0.39, 0.29) is 18.3 Å². The number of fused-ring (bicyclic) bond motifs is 1. The number of aryl methyl sites for hydroxylation is 1. The standard InChI is InChI=1S/C17H18FN3O2/c1-10-4-13(18)5-14-16(10)20-7-11(6-19)17(14)21-3-2-15(23)12(8-21)9-22/h4-5,7,12,15,22-23H,2-3,8-9H2,1H3. The Bertz CT molecular complexity index is 787. The molecule has 1 aromatic heterocycles. The van der Waals surface area contributed by atoms with Gasteiger partial charge in [-0.3, -0.25) is 4.98 Å². The number of nitriles is 1. The van der Waals surface area contributed by atoms with Gasteiger partial charge in [-0.15, -0.1) is 0 Å². The summed E-state index contributed by atoms with van der Waals surface area (Å²) in [5.41, 5.74) is 2.37. The van der Waals surface area contributed by atoms with E-state index in [1.807, 2.05) is 4.90 Å². The van der Waals surface area contributed by atoms with Gasteiger partial charge in [-0.25, -0.2) is 4.39 Å². The van der Waals surface area contributed by atoms with Crippen LogP contribution in [0.3, 0.4) is 0 Å². The number of nitrogens with zero attached hydrogens (tertiary/aromatic N) is 3. The molecule has 1 saturated heterocycles. The molecule has 0 aliphatic carbocycles. The van der Waals surface area contributed by atoms with Crippen LogP contribution >= 0.6 is 0 Å². The zero-order chi connectivity index (χ0) is 16.6. The Morgan fingerprint density at radius 3 is 2.96 bits per heavy atom. The van der Waals surface area contributed by atoms with Crippen LogP contribution in [0.4, 0.5) is 10.1 Å². The fraction of sp³-hybridized carbons (Fsp3) is 0.412. The van der Waals surface area contributed by atoms with Gasteiger partial charge < -0.3 is 15.1 Å². The molecule has 3 rings (SSSR count). The number of pyridine rings is 1. The summed E-state index contributed by atoms with van der Waals surface area (Å²) in [4.78, 5) is 6.23. The lowest BCUT2D eigenvalue weighted by atomic mass is 9.94. The molecule has 0 bridgehead atoms. The van der Waals surface area contributed by atoms with Crippen LogP contribution in [0.2, 0.25) is 0 Å². The van der Waals surface area contributed by atoms with E-state index in [1.54, 1.807) is 6.92 Å². The third-order valence-corrected chi connectivity index (χ3v) is 4.46. The van der Waals surface area contributed by atoms with Crippen molar-refractivity contribution in [1.82, 2.24) is 4.98 Å². The summed E-state index contributed by atoms with van der Waals surface area (Å²) in [6.07, 6.45) is 1.43. The monoisotopic (exact) mass is 315 g/mol. The Morgan fingerprint density at radius 1 is 1.48 bits per heavy atom. The first-order valence-electron chi connectivity index (χ1n) is 7.58. The largest absolute Gasteiger partial charge is 0.396 e. The van der Waals surface area contributed by atoms with E-state index in [0.29, 0.717) is 47.2 Å². The van der Waals surface area contributed by atoms with Crippen LogP contribution in [0, 0.1) is 30.0 Å². The van der Waals surface area contributed by atoms with Crippen LogP contribution < -0.4 is 4.90 Å². The Labute approximate surface area is 133 Å². The molecule has 120 valence electrons. The van der Waals surface area contributed by atoms with Crippen LogP contribution in [0.5, 0.6) is 0 Å². The van der Waals surface area contributed by atoms with E-state index in [4.69, 9.17) is 0 Å². The van der Waals surface area contributed by atoms with Crippen LogP contribution in [0.15, 0.2) is 18.3 Å². The zero-order valence-corrected chi connectivity index (χ0v) is 12.8. The SMILES string of the molecule is Cc1cc(F)cc2c(N3CCC(O)C(CO)C3)c(C#N)cnc12. The molecule has 6 heteroatoms. The molecule has 1 aliphatic heterocycles. The molecule has 2 heterocycles. The first-order valence-corrected chi connectivity index (χ1v) is 7.58. The van der Waals surface area contributed by atoms with Crippen molar-refractivity contribution in [2.75, 3.05) is 24.6 Å². The third-order valence-electron chi connectivity index (χ3n) is 4.46. The number of benzene rings is 1. The summed E-state index contributed by atoms with van der Waals surface area (Å²) in [6.45, 7) is 2.61. The molecular weight excluding hydrogens is 297 g/mol. The molecule has 5 nitrogen and oxygen atoms in total. The highest BCUT2D eigenvalue weighted by atomic mass is 19.1. The van der Waals surface area contributed by atoms with Gasteiger partial charge >= 0.3 is 0 Å². The first-order chi connectivity index (χ1) is 11.0. The molecule has 2 N–H and O–H groups in total. The van der Waals surface area contributed by atoms with Crippen LogP contribution in [-0.2, 0) is 0 Å². The summed E-state index contributed by atoms with van der Waals surface area (Å²) < 4.78 is 13.9. The predicted molar refractivity (Wildman–Crippen MR) is 84.6 cm³/mol. The minimum atomic E-state index is -0.562. The Kier molecular flexibility index (Phi) is 4.16. The van der Waals surface area contributed by atoms with Gasteiger partial charge in [-0.1, -0.05) is 0 Å². The lowest BCUT2D eigenvalue weighted by molar-refractivity contribution is 0.0526. The Hall–Kier alpha value is -2.23. The molecule has 0 radical (unpaired) electrons. The van der Waals surface area contributed by atoms with E-state index in [9.17, 15) is 19.9 Å². The van der Waals surface area contributed by atoms with Gasteiger partial charge in [-0.05, 0) is 31.0 Å². The van der Waals surface area contributed by atoms with E-state index < -0.39 is 6.10 Å². The molecule has 2 unspecified atom stereocenters. The lowest BCUT2D eigenvalue weighted by Gasteiger charge is -2.37. The summed E-state index contributed by atoms with van der Waals surface area (Å²) in [7, 11) is 0. The van der Waals surface area contributed by atoms with Gasteiger partial charge in [0.1, 0.15) is 11.9 Å². The van der Waals surface area contributed by atoms with Crippen LogP contribution in [-0.4, -0.2) is 41.0 Å². The van der Waals surface area contributed by atoms with Crippen molar-refractivity contribution in [2.24, 2.45) is 5.92 Å². The summed E-state index contributed by atoms with van der Waals surface area (Å²) >= 11 is 0. The van der Waals surface area contributed by atoms with Crippen molar-refractivity contribution in [1.29, 1.82) is 5.26 Å². The van der Waals surface area contributed by atoms with Gasteiger partial charge in [-0.2, -0.15) is 5.26 Å². The minimum absolute atomic E-state index is 0.129. The van der Waals surface area contributed by atoms with Crippen molar-refractivity contribution in [3.63, 3.8) is 0 Å². The average Bonchev–Trinajstić information content (AvgIpc) is 2.54. The number of piperidine rings is 1. The van der Waals surface area contributed by atoms with E-state index in [1.165, 1.54) is 18.3 Å². The van der Waals surface area contributed by atoms with E-state index in [0.717, 1.165) is 0 Å². The molecule has 0 spiro atoms. The minimum Gasteiger partial charge on any atom is -0.396 e. The zero-order valence-electron chi connectivity index (χ0n) is 12.8. The Balaban J connectivity index is 2.17. The number of halogens is 1. The number of hydrogen-bond donors (Lipinski definition) is 2. The van der Waals surface area contributed by atoms with Crippen molar-refractivity contribution in [3.05, 3.63) is 35.3 Å². The normalized spacial score (nSPS) is 21.4. The van der Waals surface area contributed by atoms with Crippen molar-refractivity contribution in [3.8, 4) is 6.07 Å². The van der Waals surface area contributed by atoms with Crippen molar-refractivity contribution >= 4 is 16.6 Å². The summed E-state index contributed by atoms with van der Waals surface area (Å²) in [5.74, 6) is -0.656. The number of aliphatic hydroxyl groups is 2. The number of aromatic nitrogens is 1. The fourth-order valence-corrected chi connectivity index (χ4v) is 3.25. The molecule has 1 fully saturated rings. The summed E-state index contributed by atoms with van der Waals surface area (Å²) in [6, 6.07) is 4.93. The quantitative estimate of drug-likeness (QED) is 0.882. The van der Waals surface area contributed by atoms with Gasteiger partial charge in [0.2, 0.25) is 0 Å². The molecular formula is C17H18FN3O2. The molecule has 0 saturated carbocycles. The maximum Gasteiger partial charge on any atom is 0.124 e. The number of rotatable bonds is 2. The van der Waals surface area contributed by atoms with Gasteiger partial charge in [0, 0.05) is 30.6 Å². The molecule has 1 aromatic carbocycles. The number of aliphatic hydroxyl groups excluding tert-OH is 2. The predicted octanol–water partition coefficient (Wildman–Crippen LogP) is 1.73. The highest BCUT2D eigenvalue weighted by Crippen LogP contribution is 2.34. The second-order valence-electron chi connectivity index (χ2n) is 6.00. The maximum atomic E-state index is 13.9. The van der Waals surface area contributed by atoms with Crippen LogP contribution in [0.1, 0.15) is 17.5 Å². The summed E-state index contributed by atoms with van der Waals surface area (Å²) in [5, 5.41) is 29.4. The molecule has 2 atom stereocenters. The number of hydrogen-bond acceptors (Lipinski definition) is 5. The molecule has 0 amide bonds. The van der Waals surface area contributed by atoms with Crippen molar-refractivity contribution < 1.29 is 14.6 Å². The van der Waals surface area contributed by atoms with E-state index in [2.05, 4.69) is 11.1 Å². The first kappa shape index (κ1) is 15.7. The second kappa shape index (κ2) is 6.11. The van der Waals surface area contributed by atoms with Crippen molar-refractivity contribution in [2.45, 2.75) is 19.4 Å². The maximum absolute atomic E-state index is 13.9. The second-order valence-corrected chi connectivity index (χ2v) is 6.00. The van der Waals surface area contributed by atoms with Gasteiger partial charge in [0.05, 0.1) is 29.5 Å². The smallest absolute Gasteiger partial charge is 0.124 e. The van der Waals surface area contributed by atoms with Gasteiger partial charge in [0.25, 0.3) is 0 Å². The lowest BCUT2D eigenvalue weighted by Crippen LogP contribution is -2.45. The molecule has 1 aliphatic rings. The fourth-order valence-electron chi connectivity index (χ4n) is 3.25. The van der Waals surface area contributed by atoms with Gasteiger partial charge in [0.15, 0.2) is 0 Å².